The van der Waals surface area contributed by atoms with Crippen molar-refractivity contribution in [3.8, 4) is 5.75 Å². The number of nitrogens with two attached hydrogens (primary N) is 1. The van der Waals surface area contributed by atoms with Crippen LogP contribution in [0.25, 0.3) is 0 Å². The van der Waals surface area contributed by atoms with Crippen molar-refractivity contribution in [3.05, 3.63) is 29.8 Å². The number of guanidine groups is 1. The molecule has 0 atom stereocenters. The Hall–Kier alpha value is -2.24. The number of nitrogens with zero attached hydrogens (tertiary/aromatic N) is 1. The molecule has 4 N–H and O–H groups in total. The highest BCUT2D eigenvalue weighted by Crippen LogP contribution is 2.12. The molecule has 0 radical (unpaired) electrons. The van der Waals surface area contributed by atoms with Gasteiger partial charge in [0.2, 0.25) is 0 Å². The molecule has 122 valence electrons. The van der Waals surface area contributed by atoms with Crippen LogP contribution < -0.4 is 21.1 Å². The van der Waals surface area contributed by atoms with Crippen LogP contribution in [0.5, 0.6) is 5.75 Å². The summed E-state index contributed by atoms with van der Waals surface area (Å²) in [5, 5.41) is 5.79. The molecule has 0 spiro atoms. The van der Waals surface area contributed by atoms with Crippen molar-refractivity contribution >= 4 is 11.9 Å². The first-order chi connectivity index (χ1) is 10.5. The topological polar surface area (TPSA) is 88.7 Å². The van der Waals surface area contributed by atoms with Crippen molar-refractivity contribution in [2.24, 2.45) is 16.6 Å². The molecule has 0 fully saturated rings. The van der Waals surface area contributed by atoms with E-state index in [2.05, 4.69) is 29.5 Å². The summed E-state index contributed by atoms with van der Waals surface area (Å²) in [6.45, 7) is 6.01. The molecule has 0 aromatic heterocycles. The third kappa shape index (κ3) is 6.97. The van der Waals surface area contributed by atoms with E-state index >= 15 is 0 Å². The van der Waals surface area contributed by atoms with Crippen LogP contribution in [-0.4, -0.2) is 38.6 Å². The van der Waals surface area contributed by atoms with Gasteiger partial charge in [-0.1, -0.05) is 19.9 Å². The van der Waals surface area contributed by atoms with Gasteiger partial charge in [-0.2, -0.15) is 0 Å². The summed E-state index contributed by atoms with van der Waals surface area (Å²) in [7, 11) is 1.57. The molecular formula is C16H26N4O2. The summed E-state index contributed by atoms with van der Waals surface area (Å²) >= 11 is 0. The van der Waals surface area contributed by atoms with E-state index in [1.54, 1.807) is 31.4 Å². The first-order valence-electron chi connectivity index (χ1n) is 7.49. The Labute approximate surface area is 132 Å². The van der Waals surface area contributed by atoms with Gasteiger partial charge in [0.05, 0.1) is 7.11 Å². The number of benzene rings is 1. The Morgan fingerprint density at radius 1 is 1.32 bits per heavy atom. The molecule has 0 unspecified atom stereocenters. The molecule has 0 aliphatic rings. The minimum atomic E-state index is -0.143. The fraction of sp³-hybridized carbons (Fsp3) is 0.500. The molecule has 0 aliphatic carbocycles. The van der Waals surface area contributed by atoms with Crippen molar-refractivity contribution in [1.29, 1.82) is 0 Å². The van der Waals surface area contributed by atoms with Gasteiger partial charge in [-0.05, 0) is 30.5 Å². The Bertz CT molecular complexity index is 501. The normalized spacial score (nSPS) is 11.4. The number of ether oxygens (including phenoxy) is 1. The van der Waals surface area contributed by atoms with Crippen LogP contribution in [0.2, 0.25) is 0 Å². The Kier molecular flexibility index (Phi) is 7.81. The lowest BCUT2D eigenvalue weighted by Crippen LogP contribution is -2.38. The molecule has 0 aliphatic heterocycles. The third-order valence-corrected chi connectivity index (χ3v) is 3.04. The Balaban J connectivity index is 2.27. The minimum absolute atomic E-state index is 0.143. The zero-order chi connectivity index (χ0) is 16.4. The van der Waals surface area contributed by atoms with Gasteiger partial charge < -0.3 is 21.1 Å². The summed E-state index contributed by atoms with van der Waals surface area (Å²) in [6.07, 6.45) is 1.01. The number of methoxy groups -OCH3 is 1. The highest BCUT2D eigenvalue weighted by Gasteiger charge is 2.05. The van der Waals surface area contributed by atoms with Gasteiger partial charge in [0.1, 0.15) is 5.75 Å². The predicted molar refractivity (Wildman–Crippen MR) is 89.3 cm³/mol. The van der Waals surface area contributed by atoms with E-state index in [-0.39, 0.29) is 5.91 Å². The van der Waals surface area contributed by atoms with Crippen LogP contribution >= 0.6 is 0 Å². The van der Waals surface area contributed by atoms with E-state index in [0.29, 0.717) is 42.8 Å². The summed E-state index contributed by atoms with van der Waals surface area (Å²) in [5.41, 5.74) is 6.30. The predicted octanol–water partition coefficient (Wildman–Crippen LogP) is 1.38. The van der Waals surface area contributed by atoms with Crippen LogP contribution in [0.1, 0.15) is 30.6 Å². The number of amides is 1. The molecule has 1 rings (SSSR count). The van der Waals surface area contributed by atoms with Gasteiger partial charge in [0.25, 0.3) is 5.91 Å². The number of aliphatic imine (C=N–C) groups is 1. The standard InChI is InChI=1S/C16H26N4O2/c1-12(2)7-8-19-16(17)20-10-9-18-15(21)13-5-4-6-14(11-13)22-3/h4-6,11-12H,7-10H2,1-3H3,(H,18,21)(H3,17,19,20). The second-order valence-corrected chi connectivity index (χ2v) is 5.36. The number of nitrogens with one attached hydrogen (secondary N) is 2. The number of rotatable bonds is 8. The lowest BCUT2D eigenvalue weighted by atomic mass is 10.1. The van der Waals surface area contributed by atoms with E-state index < -0.39 is 0 Å². The smallest absolute Gasteiger partial charge is 0.251 e. The summed E-state index contributed by atoms with van der Waals surface area (Å²) in [6, 6.07) is 7.02. The van der Waals surface area contributed by atoms with Crippen molar-refractivity contribution in [1.82, 2.24) is 10.6 Å². The van der Waals surface area contributed by atoms with E-state index in [1.807, 2.05) is 0 Å². The minimum Gasteiger partial charge on any atom is -0.497 e. The van der Waals surface area contributed by atoms with E-state index in [4.69, 9.17) is 10.5 Å². The summed E-state index contributed by atoms with van der Waals surface area (Å²) < 4.78 is 5.09. The van der Waals surface area contributed by atoms with Crippen molar-refractivity contribution in [2.45, 2.75) is 20.3 Å². The third-order valence-electron chi connectivity index (χ3n) is 3.04. The maximum Gasteiger partial charge on any atom is 0.251 e. The molecule has 6 nitrogen and oxygen atoms in total. The number of hydrogen-bond donors (Lipinski definition) is 3. The monoisotopic (exact) mass is 306 g/mol. The van der Waals surface area contributed by atoms with Crippen LogP contribution in [0.4, 0.5) is 0 Å². The molecule has 6 heteroatoms. The zero-order valence-corrected chi connectivity index (χ0v) is 13.6. The highest BCUT2D eigenvalue weighted by molar-refractivity contribution is 5.94. The van der Waals surface area contributed by atoms with Gasteiger partial charge in [-0.25, -0.2) is 0 Å². The average molecular weight is 306 g/mol. The van der Waals surface area contributed by atoms with Crippen molar-refractivity contribution in [3.63, 3.8) is 0 Å². The molecule has 0 saturated carbocycles. The lowest BCUT2D eigenvalue weighted by Gasteiger charge is -2.08. The van der Waals surface area contributed by atoms with Crippen LogP contribution in [0.3, 0.4) is 0 Å². The van der Waals surface area contributed by atoms with Crippen molar-refractivity contribution < 1.29 is 9.53 Å². The highest BCUT2D eigenvalue weighted by atomic mass is 16.5. The van der Waals surface area contributed by atoms with Crippen LogP contribution in [0, 0.1) is 5.92 Å². The Morgan fingerprint density at radius 2 is 2.05 bits per heavy atom. The fourth-order valence-electron chi connectivity index (χ4n) is 1.73. The number of carbonyl (C=O) groups is 1. The molecule has 0 bridgehead atoms. The second-order valence-electron chi connectivity index (χ2n) is 5.36. The number of hydrogen-bond acceptors (Lipinski definition) is 3. The van der Waals surface area contributed by atoms with Gasteiger partial charge in [-0.3, -0.25) is 9.79 Å². The molecule has 1 aromatic carbocycles. The largest absolute Gasteiger partial charge is 0.497 e. The fourth-order valence-corrected chi connectivity index (χ4v) is 1.73. The van der Waals surface area contributed by atoms with E-state index in [0.717, 1.165) is 6.42 Å². The SMILES string of the molecule is COc1cccc(C(=O)NCCNC(N)=NCCC(C)C)c1. The van der Waals surface area contributed by atoms with Gasteiger partial charge in [0.15, 0.2) is 5.96 Å². The molecule has 1 aromatic rings. The molecule has 1 amide bonds. The molecule has 0 saturated heterocycles. The Morgan fingerprint density at radius 3 is 2.73 bits per heavy atom. The lowest BCUT2D eigenvalue weighted by molar-refractivity contribution is 0.0954. The molecule has 0 heterocycles. The quantitative estimate of drug-likeness (QED) is 0.384. The number of carbonyl (C=O) groups excluding carboxylic acids is 1. The van der Waals surface area contributed by atoms with Gasteiger partial charge in [0, 0.05) is 25.2 Å². The summed E-state index contributed by atoms with van der Waals surface area (Å²) in [5.74, 6) is 1.54. The van der Waals surface area contributed by atoms with Crippen LogP contribution in [0.15, 0.2) is 29.3 Å². The van der Waals surface area contributed by atoms with E-state index in [9.17, 15) is 4.79 Å². The average Bonchev–Trinajstić information content (AvgIpc) is 2.51. The zero-order valence-electron chi connectivity index (χ0n) is 13.6. The van der Waals surface area contributed by atoms with Gasteiger partial charge >= 0.3 is 0 Å². The first kappa shape index (κ1) is 17.8. The maximum absolute atomic E-state index is 11.9. The van der Waals surface area contributed by atoms with Gasteiger partial charge in [-0.15, -0.1) is 0 Å². The maximum atomic E-state index is 11.9. The molecule has 22 heavy (non-hydrogen) atoms. The summed E-state index contributed by atoms with van der Waals surface area (Å²) in [4.78, 5) is 16.2. The molecular weight excluding hydrogens is 280 g/mol. The second kappa shape index (κ2) is 9.65. The van der Waals surface area contributed by atoms with E-state index in [1.165, 1.54) is 0 Å². The van der Waals surface area contributed by atoms with Crippen molar-refractivity contribution in [2.75, 3.05) is 26.7 Å². The first-order valence-corrected chi connectivity index (χ1v) is 7.49. The van der Waals surface area contributed by atoms with Crippen LogP contribution in [-0.2, 0) is 0 Å².